The quantitative estimate of drug-likeness (QED) is 0.613. The maximum absolute atomic E-state index is 14.7. The van der Waals surface area contributed by atoms with Gasteiger partial charge in [0.05, 0.1) is 16.9 Å². The molecule has 0 amide bonds. The van der Waals surface area contributed by atoms with Gasteiger partial charge in [0.1, 0.15) is 5.82 Å². The van der Waals surface area contributed by atoms with Crippen molar-refractivity contribution in [1.29, 1.82) is 0 Å². The second-order valence-corrected chi connectivity index (χ2v) is 7.54. The van der Waals surface area contributed by atoms with Crippen molar-refractivity contribution in [2.45, 2.75) is 71.5 Å². The van der Waals surface area contributed by atoms with Gasteiger partial charge in [0.15, 0.2) is 5.58 Å². The summed E-state index contributed by atoms with van der Waals surface area (Å²) in [5.74, 6) is -0.346. The van der Waals surface area contributed by atoms with E-state index in [0.717, 1.165) is 36.8 Å². The molecule has 0 spiro atoms. The molecule has 0 atom stereocenters. The molecule has 1 aromatic carbocycles. The van der Waals surface area contributed by atoms with Crippen LogP contribution in [-0.2, 0) is 15.7 Å². The monoisotopic (exact) mass is 333 g/mol. The van der Waals surface area contributed by atoms with E-state index in [0.29, 0.717) is 11.0 Å². The third-order valence-electron chi connectivity index (χ3n) is 5.19. The summed E-state index contributed by atoms with van der Waals surface area (Å²) in [6.07, 6.45) is 4.09. The van der Waals surface area contributed by atoms with Crippen molar-refractivity contribution in [2.75, 3.05) is 0 Å². The predicted molar refractivity (Wildman–Crippen MR) is 92.9 cm³/mol. The first kappa shape index (κ1) is 17.4. The Hall–Kier alpha value is -1.40. The summed E-state index contributed by atoms with van der Waals surface area (Å²) in [7, 11) is -0.743. The van der Waals surface area contributed by atoms with E-state index >= 15 is 0 Å². The van der Waals surface area contributed by atoms with Gasteiger partial charge < -0.3 is 13.8 Å². The first-order valence-corrected chi connectivity index (χ1v) is 8.68. The first-order chi connectivity index (χ1) is 11.2. The molecule has 3 rings (SSSR count). The van der Waals surface area contributed by atoms with Gasteiger partial charge in [-0.05, 0) is 52.7 Å². The number of aromatic nitrogens is 1. The van der Waals surface area contributed by atoms with Gasteiger partial charge in [0.2, 0.25) is 0 Å². The highest BCUT2D eigenvalue weighted by atomic mass is 19.1. The molecular weight excluding hydrogens is 308 g/mol. The smallest absolute Gasteiger partial charge is 0.399 e. The first-order valence-electron chi connectivity index (χ1n) is 8.68. The van der Waals surface area contributed by atoms with E-state index in [2.05, 4.69) is 12.1 Å². The summed E-state index contributed by atoms with van der Waals surface area (Å²) >= 11 is 0. The minimum atomic E-state index is -0.743. The highest BCUT2D eigenvalue weighted by molar-refractivity contribution is 6.62. The maximum Gasteiger partial charge on any atom is 0.497 e. The molecule has 0 N–H and O–H groups in total. The number of nitrogens with zero attached hydrogens (tertiary/aromatic N) is 1. The minimum Gasteiger partial charge on any atom is -0.399 e. The number of aryl methyl sites for hydroxylation is 1. The topological polar surface area (TPSA) is 44.5 Å². The van der Waals surface area contributed by atoms with Crippen molar-refractivity contribution in [1.82, 2.24) is 5.16 Å². The van der Waals surface area contributed by atoms with Gasteiger partial charge in [-0.15, -0.1) is 0 Å². The zero-order valence-corrected chi connectivity index (χ0v) is 15.1. The van der Waals surface area contributed by atoms with Crippen LogP contribution in [-0.4, -0.2) is 23.5 Å². The van der Waals surface area contributed by atoms with E-state index < -0.39 is 18.3 Å². The summed E-state index contributed by atoms with van der Waals surface area (Å²) in [5, 5.41) is 4.85. The highest BCUT2D eigenvalue weighted by Crippen LogP contribution is 2.37. The van der Waals surface area contributed by atoms with Crippen LogP contribution in [0.25, 0.3) is 11.0 Å². The molecule has 24 heavy (non-hydrogen) atoms. The van der Waals surface area contributed by atoms with E-state index in [4.69, 9.17) is 13.8 Å². The van der Waals surface area contributed by atoms with Gasteiger partial charge >= 0.3 is 7.12 Å². The van der Waals surface area contributed by atoms with Crippen LogP contribution in [0.5, 0.6) is 0 Å². The van der Waals surface area contributed by atoms with Crippen LogP contribution in [0.1, 0.15) is 59.6 Å². The Kier molecular flexibility index (Phi) is 4.47. The third-order valence-corrected chi connectivity index (χ3v) is 5.19. The van der Waals surface area contributed by atoms with Crippen LogP contribution < -0.4 is 5.46 Å². The average molecular weight is 333 g/mol. The molecule has 6 heteroatoms. The molecule has 1 aromatic heterocycles. The number of rotatable bonds is 5. The van der Waals surface area contributed by atoms with Gasteiger partial charge in [-0.1, -0.05) is 24.9 Å². The molecule has 0 saturated carbocycles. The highest BCUT2D eigenvalue weighted by Gasteiger charge is 2.52. The van der Waals surface area contributed by atoms with Gasteiger partial charge in [0, 0.05) is 10.8 Å². The van der Waals surface area contributed by atoms with Gasteiger partial charge in [0.25, 0.3) is 0 Å². The fraction of sp³-hybridized carbons (Fsp3) is 0.611. The molecule has 130 valence electrons. The number of benzene rings is 1. The second-order valence-electron chi connectivity index (χ2n) is 7.54. The largest absolute Gasteiger partial charge is 0.497 e. The Labute approximate surface area is 142 Å². The molecule has 0 bridgehead atoms. The normalized spacial score (nSPS) is 19.3. The Morgan fingerprint density at radius 1 is 1.08 bits per heavy atom. The van der Waals surface area contributed by atoms with Crippen molar-refractivity contribution in [3.63, 3.8) is 0 Å². The van der Waals surface area contributed by atoms with E-state index in [1.807, 2.05) is 27.7 Å². The van der Waals surface area contributed by atoms with Crippen LogP contribution in [0, 0.1) is 5.82 Å². The Morgan fingerprint density at radius 2 is 1.75 bits per heavy atom. The number of halogens is 1. The van der Waals surface area contributed by atoms with Crippen molar-refractivity contribution in [3.8, 4) is 0 Å². The lowest BCUT2D eigenvalue weighted by molar-refractivity contribution is 0.00578. The second kappa shape index (κ2) is 6.15. The summed E-state index contributed by atoms with van der Waals surface area (Å²) in [6, 6.07) is 3.15. The van der Waals surface area contributed by atoms with Crippen molar-refractivity contribution in [3.05, 3.63) is 23.6 Å². The van der Waals surface area contributed by atoms with Crippen molar-refractivity contribution >= 4 is 23.6 Å². The fourth-order valence-electron chi connectivity index (χ4n) is 2.90. The van der Waals surface area contributed by atoms with E-state index in [9.17, 15) is 4.39 Å². The standard InChI is InChI=1S/C18H25BFNO3/c1-6-7-8-9-15-12-10-14(20)13(11-16(12)22-21-15)19-23-17(2,3)18(4,5)24-19/h10-11H,6-9H2,1-5H3. The summed E-state index contributed by atoms with van der Waals surface area (Å²) in [4.78, 5) is 0. The van der Waals surface area contributed by atoms with Crippen molar-refractivity contribution < 1.29 is 18.2 Å². The zero-order chi connectivity index (χ0) is 17.5. The minimum absolute atomic E-state index is 0.346. The van der Waals surface area contributed by atoms with Gasteiger partial charge in [-0.2, -0.15) is 0 Å². The Bertz CT molecular complexity index is 725. The van der Waals surface area contributed by atoms with Crippen LogP contribution in [0.15, 0.2) is 16.7 Å². The predicted octanol–water partition coefficient (Wildman–Crippen LogP) is 4.00. The average Bonchev–Trinajstić information content (AvgIpc) is 2.96. The van der Waals surface area contributed by atoms with Gasteiger partial charge in [-0.3, -0.25) is 0 Å². The van der Waals surface area contributed by atoms with Crippen molar-refractivity contribution in [2.24, 2.45) is 0 Å². The van der Waals surface area contributed by atoms with Crippen LogP contribution in [0.2, 0.25) is 0 Å². The summed E-state index contributed by atoms with van der Waals surface area (Å²) in [6.45, 7) is 9.94. The lowest BCUT2D eigenvalue weighted by Gasteiger charge is -2.32. The summed E-state index contributed by atoms with van der Waals surface area (Å²) in [5.41, 5.74) is 0.736. The van der Waals surface area contributed by atoms with E-state index in [-0.39, 0.29) is 5.82 Å². The van der Waals surface area contributed by atoms with E-state index in [1.165, 1.54) is 6.07 Å². The molecule has 1 aliphatic rings. The molecule has 1 fully saturated rings. The molecule has 0 radical (unpaired) electrons. The molecule has 2 aromatic rings. The molecule has 2 heterocycles. The molecule has 1 saturated heterocycles. The van der Waals surface area contributed by atoms with Crippen LogP contribution in [0.3, 0.4) is 0 Å². The lowest BCUT2D eigenvalue weighted by atomic mass is 9.78. The Balaban J connectivity index is 1.90. The van der Waals surface area contributed by atoms with E-state index in [1.54, 1.807) is 6.07 Å². The lowest BCUT2D eigenvalue weighted by Crippen LogP contribution is -2.41. The molecular formula is C18H25BFNO3. The zero-order valence-electron chi connectivity index (χ0n) is 15.1. The van der Waals surface area contributed by atoms with Crippen LogP contribution in [0.4, 0.5) is 4.39 Å². The van der Waals surface area contributed by atoms with Crippen LogP contribution >= 0.6 is 0 Å². The fourth-order valence-corrected chi connectivity index (χ4v) is 2.90. The number of hydrogen-bond acceptors (Lipinski definition) is 4. The molecule has 0 aliphatic carbocycles. The SMILES string of the molecule is CCCCCc1noc2cc(B3OC(C)(C)C(C)(C)O3)c(F)cc12. The number of unbranched alkanes of at least 4 members (excludes halogenated alkanes) is 2. The maximum atomic E-state index is 14.7. The van der Waals surface area contributed by atoms with Gasteiger partial charge in [-0.25, -0.2) is 4.39 Å². The number of fused-ring (bicyclic) bond motifs is 1. The molecule has 1 aliphatic heterocycles. The third kappa shape index (κ3) is 2.97. The molecule has 4 nitrogen and oxygen atoms in total. The number of hydrogen-bond donors (Lipinski definition) is 0. The summed E-state index contributed by atoms with van der Waals surface area (Å²) < 4.78 is 32.0. The Morgan fingerprint density at radius 3 is 2.38 bits per heavy atom. The molecule has 0 unspecified atom stereocenters.